The summed E-state index contributed by atoms with van der Waals surface area (Å²) in [6.07, 6.45) is 2.09. The molecule has 9 heteroatoms. The third-order valence-electron chi connectivity index (χ3n) is 7.43. The number of aromatic amines is 1. The normalized spacial score (nSPS) is 16.8. The SMILES string of the molecule is CC(=O)C1c2[nH]nc(NC(=O)c3ccc(C(C)(C)C)cc3)c2CN1c1ccc(OCC(=O)N2CCCC2)cc1. The molecule has 0 spiro atoms. The Labute approximate surface area is 228 Å². The Bertz CT molecular complexity index is 1370. The van der Waals surface area contributed by atoms with E-state index >= 15 is 0 Å². The first-order valence-corrected chi connectivity index (χ1v) is 13.4. The Morgan fingerprint density at radius 2 is 1.69 bits per heavy atom. The van der Waals surface area contributed by atoms with E-state index in [1.165, 1.54) is 0 Å². The molecule has 204 valence electrons. The van der Waals surface area contributed by atoms with Crippen molar-refractivity contribution in [3.05, 3.63) is 70.9 Å². The number of ketones is 1. The summed E-state index contributed by atoms with van der Waals surface area (Å²) in [7, 11) is 0. The highest BCUT2D eigenvalue weighted by atomic mass is 16.5. The highest BCUT2D eigenvalue weighted by Gasteiger charge is 2.38. The van der Waals surface area contributed by atoms with Gasteiger partial charge < -0.3 is 19.9 Å². The van der Waals surface area contributed by atoms with Gasteiger partial charge in [-0.05, 0) is 67.1 Å². The largest absolute Gasteiger partial charge is 0.484 e. The Morgan fingerprint density at radius 1 is 1.03 bits per heavy atom. The lowest BCUT2D eigenvalue weighted by Crippen LogP contribution is -2.32. The predicted molar refractivity (Wildman–Crippen MR) is 149 cm³/mol. The van der Waals surface area contributed by atoms with Gasteiger partial charge in [0.2, 0.25) is 0 Å². The van der Waals surface area contributed by atoms with Crippen LogP contribution in [0.5, 0.6) is 5.75 Å². The summed E-state index contributed by atoms with van der Waals surface area (Å²) in [6, 6.07) is 14.4. The smallest absolute Gasteiger partial charge is 0.260 e. The van der Waals surface area contributed by atoms with E-state index in [1.54, 1.807) is 19.1 Å². The molecular formula is C30H35N5O4. The Balaban J connectivity index is 1.27. The number of carbonyl (C=O) groups is 3. The van der Waals surface area contributed by atoms with E-state index in [2.05, 4.69) is 36.3 Å². The first kappa shape index (κ1) is 26.5. The second kappa shape index (κ2) is 10.6. The number of H-pyrrole nitrogens is 1. The molecule has 2 amide bonds. The average molecular weight is 530 g/mol. The van der Waals surface area contributed by atoms with E-state index in [4.69, 9.17) is 4.74 Å². The topological polar surface area (TPSA) is 108 Å². The molecular weight excluding hydrogens is 494 g/mol. The number of fused-ring (bicyclic) bond motifs is 1. The molecule has 1 unspecified atom stereocenters. The van der Waals surface area contributed by atoms with Crippen LogP contribution in [0.15, 0.2) is 48.5 Å². The summed E-state index contributed by atoms with van der Waals surface area (Å²) in [5.74, 6) is 0.718. The maximum atomic E-state index is 13.0. The van der Waals surface area contributed by atoms with Crippen molar-refractivity contribution in [2.24, 2.45) is 0 Å². The van der Waals surface area contributed by atoms with Crippen LogP contribution >= 0.6 is 0 Å². The summed E-state index contributed by atoms with van der Waals surface area (Å²) in [5.41, 5.74) is 3.97. The van der Waals surface area contributed by atoms with Crippen molar-refractivity contribution >= 4 is 29.1 Å². The van der Waals surface area contributed by atoms with Gasteiger partial charge in [-0.3, -0.25) is 19.5 Å². The Morgan fingerprint density at radius 3 is 2.31 bits per heavy atom. The number of Topliss-reactive ketones (excluding diaryl/α,β-unsaturated/α-hetero) is 1. The van der Waals surface area contributed by atoms with Gasteiger partial charge in [0.05, 0.1) is 5.69 Å². The van der Waals surface area contributed by atoms with Crippen molar-refractivity contribution in [3.63, 3.8) is 0 Å². The molecule has 1 atom stereocenters. The number of carbonyl (C=O) groups excluding carboxylic acids is 3. The van der Waals surface area contributed by atoms with Gasteiger partial charge >= 0.3 is 0 Å². The fourth-order valence-corrected chi connectivity index (χ4v) is 5.19. The fraction of sp³-hybridized carbons (Fsp3) is 0.400. The summed E-state index contributed by atoms with van der Waals surface area (Å²) < 4.78 is 5.71. The summed E-state index contributed by atoms with van der Waals surface area (Å²) >= 11 is 0. The predicted octanol–water partition coefficient (Wildman–Crippen LogP) is 4.61. The minimum absolute atomic E-state index is 0.00141. The van der Waals surface area contributed by atoms with Gasteiger partial charge in [-0.15, -0.1) is 0 Å². The van der Waals surface area contributed by atoms with Crippen LogP contribution in [0.2, 0.25) is 0 Å². The van der Waals surface area contributed by atoms with E-state index in [0.29, 0.717) is 29.4 Å². The first-order valence-electron chi connectivity index (χ1n) is 13.4. The van der Waals surface area contributed by atoms with E-state index in [0.717, 1.165) is 42.7 Å². The second-order valence-electron chi connectivity index (χ2n) is 11.3. The van der Waals surface area contributed by atoms with Gasteiger partial charge in [0.15, 0.2) is 18.2 Å². The monoisotopic (exact) mass is 529 g/mol. The zero-order chi connectivity index (χ0) is 27.7. The number of anilines is 2. The number of hydrogen-bond acceptors (Lipinski definition) is 6. The van der Waals surface area contributed by atoms with Gasteiger partial charge in [-0.1, -0.05) is 32.9 Å². The van der Waals surface area contributed by atoms with E-state index < -0.39 is 6.04 Å². The lowest BCUT2D eigenvalue weighted by Gasteiger charge is -2.25. The van der Waals surface area contributed by atoms with Crippen molar-refractivity contribution in [2.75, 3.05) is 29.9 Å². The van der Waals surface area contributed by atoms with Crippen molar-refractivity contribution in [1.82, 2.24) is 15.1 Å². The Kier molecular flexibility index (Phi) is 7.16. The summed E-state index contributed by atoms with van der Waals surface area (Å²) in [4.78, 5) is 41.7. The highest BCUT2D eigenvalue weighted by molar-refractivity contribution is 6.04. The molecule has 3 aromatic rings. The van der Waals surface area contributed by atoms with Gasteiger partial charge in [0.1, 0.15) is 11.8 Å². The molecule has 1 fully saturated rings. The first-order chi connectivity index (χ1) is 18.6. The molecule has 1 saturated heterocycles. The number of rotatable bonds is 7. The average Bonchev–Trinajstić information content (AvgIpc) is 3.65. The molecule has 2 aliphatic rings. The van der Waals surface area contributed by atoms with Crippen molar-refractivity contribution in [1.29, 1.82) is 0 Å². The van der Waals surface area contributed by atoms with Crippen LogP contribution in [0.4, 0.5) is 11.5 Å². The third kappa shape index (κ3) is 5.53. The van der Waals surface area contributed by atoms with Gasteiger partial charge in [0, 0.05) is 36.4 Å². The molecule has 9 nitrogen and oxygen atoms in total. The van der Waals surface area contributed by atoms with Gasteiger partial charge in [0.25, 0.3) is 11.8 Å². The van der Waals surface area contributed by atoms with Gasteiger partial charge in [-0.2, -0.15) is 5.10 Å². The molecule has 0 bridgehead atoms. The lowest BCUT2D eigenvalue weighted by atomic mass is 9.87. The number of hydrogen-bond donors (Lipinski definition) is 2. The maximum Gasteiger partial charge on any atom is 0.260 e. The van der Waals surface area contributed by atoms with Crippen molar-refractivity contribution in [2.45, 2.75) is 58.5 Å². The molecule has 0 radical (unpaired) electrons. The quantitative estimate of drug-likeness (QED) is 0.463. The summed E-state index contributed by atoms with van der Waals surface area (Å²) in [6.45, 7) is 9.94. The molecule has 0 saturated carbocycles. The van der Waals surface area contributed by atoms with Crippen LogP contribution in [-0.2, 0) is 21.5 Å². The van der Waals surface area contributed by atoms with Gasteiger partial charge in [-0.25, -0.2) is 0 Å². The van der Waals surface area contributed by atoms with Crippen LogP contribution in [0.25, 0.3) is 0 Å². The zero-order valence-corrected chi connectivity index (χ0v) is 22.9. The number of amides is 2. The van der Waals surface area contributed by atoms with Crippen LogP contribution in [0.1, 0.15) is 73.8 Å². The van der Waals surface area contributed by atoms with E-state index in [1.807, 2.05) is 46.2 Å². The van der Waals surface area contributed by atoms with Crippen LogP contribution in [-0.4, -0.2) is 52.4 Å². The molecule has 3 heterocycles. The Hall–Kier alpha value is -4.14. The molecule has 2 aromatic carbocycles. The number of aromatic nitrogens is 2. The van der Waals surface area contributed by atoms with Crippen LogP contribution in [0, 0.1) is 0 Å². The third-order valence-corrected chi connectivity index (χ3v) is 7.43. The second-order valence-corrected chi connectivity index (χ2v) is 11.3. The standard InChI is InChI=1S/C30H35N5O4/c1-19(36)27-26-24(28(33-32-26)31-29(38)20-7-9-21(10-8-20)30(2,3)4)17-35(27)22-11-13-23(14-12-22)39-18-25(37)34-15-5-6-16-34/h7-14,27H,5-6,15-18H2,1-4H3,(H2,31,32,33,38). The molecule has 0 aliphatic carbocycles. The zero-order valence-electron chi connectivity index (χ0n) is 22.9. The number of ether oxygens (including phenoxy) is 1. The van der Waals surface area contributed by atoms with E-state index in [9.17, 15) is 14.4 Å². The number of nitrogens with zero attached hydrogens (tertiary/aromatic N) is 3. The van der Waals surface area contributed by atoms with Crippen molar-refractivity contribution in [3.8, 4) is 5.75 Å². The minimum Gasteiger partial charge on any atom is -0.484 e. The molecule has 1 aromatic heterocycles. The summed E-state index contributed by atoms with van der Waals surface area (Å²) in [5, 5.41) is 10.2. The highest BCUT2D eigenvalue weighted by Crippen LogP contribution is 2.40. The van der Waals surface area contributed by atoms with Crippen LogP contribution < -0.4 is 15.0 Å². The lowest BCUT2D eigenvalue weighted by molar-refractivity contribution is -0.132. The molecule has 39 heavy (non-hydrogen) atoms. The van der Waals surface area contributed by atoms with E-state index in [-0.39, 0.29) is 29.6 Å². The fourth-order valence-electron chi connectivity index (χ4n) is 5.19. The molecule has 2 N–H and O–H groups in total. The number of nitrogens with one attached hydrogen (secondary N) is 2. The number of benzene rings is 2. The maximum absolute atomic E-state index is 13.0. The molecule has 5 rings (SSSR count). The molecule has 2 aliphatic heterocycles. The van der Waals surface area contributed by atoms with Crippen molar-refractivity contribution < 1.29 is 19.1 Å². The van der Waals surface area contributed by atoms with Crippen LogP contribution in [0.3, 0.4) is 0 Å². The number of likely N-dealkylation sites (tertiary alicyclic amines) is 1. The minimum atomic E-state index is -0.548.